The second kappa shape index (κ2) is 8.65. The summed E-state index contributed by atoms with van der Waals surface area (Å²) in [7, 11) is 3.43. The summed E-state index contributed by atoms with van der Waals surface area (Å²) in [6.45, 7) is 6.75. The van der Waals surface area contributed by atoms with E-state index in [2.05, 4.69) is 78.7 Å². The van der Waals surface area contributed by atoms with Gasteiger partial charge in [-0.2, -0.15) is 0 Å². The van der Waals surface area contributed by atoms with E-state index in [0.29, 0.717) is 0 Å². The average molecular weight is 338 g/mol. The molecule has 2 aromatic rings. The van der Waals surface area contributed by atoms with Crippen molar-refractivity contribution >= 4 is 25.9 Å². The van der Waals surface area contributed by atoms with Gasteiger partial charge in [-0.05, 0) is 37.8 Å². The molecule has 0 saturated heterocycles. The highest BCUT2D eigenvalue weighted by Gasteiger charge is 2.16. The van der Waals surface area contributed by atoms with Crippen molar-refractivity contribution in [2.45, 2.75) is 45.3 Å². The van der Waals surface area contributed by atoms with Crippen LogP contribution in [0.2, 0.25) is 18.6 Å². The largest absolute Gasteiger partial charge is 0.0759 e. The summed E-state index contributed by atoms with van der Waals surface area (Å²) >= 11 is 0. The maximum Gasteiger partial charge on any atom is 0.0343 e. The van der Waals surface area contributed by atoms with Crippen molar-refractivity contribution in [3.05, 3.63) is 70.8 Å². The molecule has 0 saturated carbocycles. The molecule has 22 heavy (non-hydrogen) atoms. The van der Waals surface area contributed by atoms with E-state index in [4.69, 9.17) is 0 Å². The molecule has 0 nitrogen and oxygen atoms in total. The summed E-state index contributed by atoms with van der Waals surface area (Å²) in [5.41, 5.74) is 5.71. The van der Waals surface area contributed by atoms with Crippen molar-refractivity contribution in [1.82, 2.24) is 0 Å². The molecule has 3 heteroatoms. The Bertz CT molecular complexity index is 509. The number of benzene rings is 2. The minimum Gasteiger partial charge on any atom is -0.0759 e. The normalized spacial score (nSPS) is 11.4. The Morgan fingerprint density at radius 1 is 0.727 bits per heavy atom. The fraction of sp³-hybridized carbons (Fsp3) is 0.368. The first-order chi connectivity index (χ1) is 10.5. The molecule has 0 atom stereocenters. The Balaban J connectivity index is 1.86. The van der Waals surface area contributed by atoms with Gasteiger partial charge in [0.2, 0.25) is 0 Å². The van der Waals surface area contributed by atoms with Gasteiger partial charge in [0.1, 0.15) is 0 Å². The van der Waals surface area contributed by atoms with Gasteiger partial charge in [-0.1, -0.05) is 78.3 Å². The lowest BCUT2D eigenvalue weighted by molar-refractivity contribution is 1.06. The molecular formula is C19H25Si3. The van der Waals surface area contributed by atoms with E-state index >= 15 is 0 Å². The highest BCUT2D eigenvalue weighted by atomic mass is 29.6. The van der Waals surface area contributed by atoms with Crippen molar-refractivity contribution in [2.24, 2.45) is 0 Å². The zero-order valence-electron chi connectivity index (χ0n) is 13.9. The molecule has 0 N–H and O–H groups in total. The van der Waals surface area contributed by atoms with Crippen LogP contribution in [0, 0.1) is 13.8 Å². The van der Waals surface area contributed by atoms with E-state index < -0.39 is 0 Å². The highest BCUT2D eigenvalue weighted by molar-refractivity contribution is 7.40. The van der Waals surface area contributed by atoms with Crippen LogP contribution in [-0.2, 0) is 12.8 Å². The molecule has 0 amide bonds. The van der Waals surface area contributed by atoms with Crippen molar-refractivity contribution in [1.29, 1.82) is 0 Å². The molecule has 0 spiro atoms. The Kier molecular flexibility index (Phi) is 6.86. The predicted octanol–water partition coefficient (Wildman–Crippen LogP) is 4.45. The van der Waals surface area contributed by atoms with Crippen LogP contribution in [0.3, 0.4) is 0 Å². The van der Waals surface area contributed by atoms with E-state index in [9.17, 15) is 0 Å². The Morgan fingerprint density at radius 3 is 1.41 bits per heavy atom. The predicted molar refractivity (Wildman–Crippen MR) is 103 cm³/mol. The maximum absolute atomic E-state index is 4.01. The van der Waals surface area contributed by atoms with Crippen LogP contribution in [0.1, 0.15) is 22.3 Å². The van der Waals surface area contributed by atoms with Gasteiger partial charge in [-0.25, -0.2) is 0 Å². The topological polar surface area (TPSA) is 0 Å². The molecule has 2 rings (SSSR count). The number of hydrogen-bond donors (Lipinski definition) is 0. The van der Waals surface area contributed by atoms with Crippen LogP contribution in [-0.4, -0.2) is 25.9 Å². The monoisotopic (exact) mass is 337 g/mol. The molecule has 0 unspecified atom stereocenters. The van der Waals surface area contributed by atoms with E-state index in [1.807, 2.05) is 0 Å². The van der Waals surface area contributed by atoms with Gasteiger partial charge >= 0.3 is 0 Å². The highest BCUT2D eigenvalue weighted by Crippen LogP contribution is 2.14. The molecule has 2 aromatic carbocycles. The second-order valence-electron chi connectivity index (χ2n) is 6.20. The van der Waals surface area contributed by atoms with Crippen LogP contribution < -0.4 is 0 Å². The molecule has 0 bridgehead atoms. The summed E-state index contributed by atoms with van der Waals surface area (Å²) in [5.74, 6) is 0. The molecule has 0 fully saturated rings. The molecular weight excluding hydrogens is 312 g/mol. The van der Waals surface area contributed by atoms with Crippen molar-refractivity contribution < 1.29 is 0 Å². The average Bonchev–Trinajstić information content (AvgIpc) is 2.50. The first-order valence-electron chi connectivity index (χ1n) is 8.06. The number of aryl methyl sites for hydroxylation is 4. The fourth-order valence-corrected chi connectivity index (χ4v) is 10.0. The third-order valence-corrected chi connectivity index (χ3v) is 14.8. The summed E-state index contributed by atoms with van der Waals surface area (Å²) in [4.78, 5) is 0. The third kappa shape index (κ3) is 5.71. The molecule has 113 valence electrons. The van der Waals surface area contributed by atoms with Crippen molar-refractivity contribution in [3.8, 4) is 0 Å². The van der Waals surface area contributed by atoms with Gasteiger partial charge in [0.25, 0.3) is 0 Å². The zero-order valence-corrected chi connectivity index (χ0v) is 16.9. The molecule has 0 aliphatic rings. The fourth-order valence-electron chi connectivity index (χ4n) is 2.60. The van der Waals surface area contributed by atoms with Gasteiger partial charge in [-0.3, -0.25) is 0 Å². The summed E-state index contributed by atoms with van der Waals surface area (Å²) in [6.07, 6.45) is 2.49. The van der Waals surface area contributed by atoms with Crippen LogP contribution in [0.5, 0.6) is 0 Å². The van der Waals surface area contributed by atoms with Crippen LogP contribution in [0.25, 0.3) is 0 Å². The molecule has 0 aromatic heterocycles. The minimum absolute atomic E-state index is 0.261. The second-order valence-corrected chi connectivity index (χ2v) is 17.8. The van der Waals surface area contributed by atoms with Gasteiger partial charge in [-0.15, -0.1) is 0 Å². The number of rotatable bonds is 7. The Morgan fingerprint density at radius 2 is 1.09 bits per heavy atom. The molecule has 0 aliphatic carbocycles. The number of hydrogen-bond acceptors (Lipinski definition) is 0. The maximum atomic E-state index is 4.01. The van der Waals surface area contributed by atoms with E-state index in [-0.39, 0.29) is 16.1 Å². The van der Waals surface area contributed by atoms with Crippen LogP contribution in [0.15, 0.2) is 48.5 Å². The standard InChI is InChI=1S/C19H25Si3/c1-16-4-8-18(9-5-16)12-14-22(21(3)20)15-13-19-10-6-17(2)7-11-19/h4-11H,12-15H2,1-3H3. The van der Waals surface area contributed by atoms with E-state index in [1.54, 1.807) is 0 Å². The summed E-state index contributed by atoms with van der Waals surface area (Å²) in [6, 6.07) is 20.9. The lowest BCUT2D eigenvalue weighted by Gasteiger charge is -2.18. The van der Waals surface area contributed by atoms with Gasteiger partial charge in [0.05, 0.1) is 0 Å². The Hall–Kier alpha value is -0.909. The smallest absolute Gasteiger partial charge is 0.0343 e. The molecule has 5 radical (unpaired) electrons. The van der Waals surface area contributed by atoms with E-state index in [0.717, 1.165) is 0 Å². The summed E-state index contributed by atoms with van der Waals surface area (Å²) < 4.78 is 0. The van der Waals surface area contributed by atoms with Gasteiger partial charge < -0.3 is 0 Å². The Labute approximate surface area is 142 Å². The first-order valence-corrected chi connectivity index (χ1v) is 14.5. The molecule has 0 aliphatic heterocycles. The quantitative estimate of drug-likeness (QED) is 0.655. The van der Waals surface area contributed by atoms with E-state index in [1.165, 1.54) is 47.2 Å². The van der Waals surface area contributed by atoms with Gasteiger partial charge in [0.15, 0.2) is 0 Å². The SMILES string of the molecule is Cc1ccc(CC[Si](CCc2ccc(C)cc2)[Si](C)[Si])cc1. The lowest BCUT2D eigenvalue weighted by Crippen LogP contribution is -2.34. The minimum atomic E-state index is -0.321. The first kappa shape index (κ1) is 17.4. The van der Waals surface area contributed by atoms with Crippen LogP contribution >= 0.6 is 0 Å². The van der Waals surface area contributed by atoms with Crippen molar-refractivity contribution in [3.63, 3.8) is 0 Å². The summed E-state index contributed by atoms with van der Waals surface area (Å²) in [5, 5.41) is 0. The van der Waals surface area contributed by atoms with Crippen molar-refractivity contribution in [2.75, 3.05) is 0 Å². The van der Waals surface area contributed by atoms with Gasteiger partial charge in [0, 0.05) is 25.9 Å². The van der Waals surface area contributed by atoms with Crippen LogP contribution in [0.4, 0.5) is 0 Å². The molecule has 0 heterocycles. The zero-order chi connectivity index (χ0) is 15.9. The lowest BCUT2D eigenvalue weighted by atomic mass is 10.1. The third-order valence-electron chi connectivity index (χ3n) is 4.20.